The summed E-state index contributed by atoms with van der Waals surface area (Å²) >= 11 is 0. The third-order valence-electron chi connectivity index (χ3n) is 4.58. The molecule has 0 unspecified atom stereocenters. The Morgan fingerprint density at radius 1 is 0.696 bits per heavy atom. The molecule has 1 fully saturated rings. The highest BCUT2D eigenvalue weighted by Crippen LogP contribution is 2.11. The highest BCUT2D eigenvalue weighted by Gasteiger charge is 2.07. The summed E-state index contributed by atoms with van der Waals surface area (Å²) in [6.07, 6.45) is 16.5. The standard InChI is InChI=1S/C18H39N3.C2H6/c19-13-7-1-2-8-14-20-15-9-3-4-10-16-21-17-11-5-6-12-18-21;1-2/h20H,1-19H2;1-2H3. The Kier molecular flexibility index (Phi) is 19.8. The minimum Gasteiger partial charge on any atom is -0.330 e. The highest BCUT2D eigenvalue weighted by atomic mass is 15.1. The zero-order valence-electron chi connectivity index (χ0n) is 16.3. The fraction of sp³-hybridized carbons (Fsp3) is 1.00. The fourth-order valence-corrected chi connectivity index (χ4v) is 3.17. The number of hydrogen-bond donors (Lipinski definition) is 2. The molecule has 1 aliphatic rings. The number of nitrogens with zero attached hydrogens (tertiary/aromatic N) is 1. The maximum absolute atomic E-state index is 5.49. The lowest BCUT2D eigenvalue weighted by Gasteiger charge is -2.19. The maximum atomic E-state index is 5.49. The zero-order chi connectivity index (χ0) is 17.0. The van der Waals surface area contributed by atoms with Gasteiger partial charge in [0.1, 0.15) is 0 Å². The van der Waals surface area contributed by atoms with Crippen molar-refractivity contribution in [1.82, 2.24) is 10.2 Å². The van der Waals surface area contributed by atoms with Crippen molar-refractivity contribution < 1.29 is 0 Å². The van der Waals surface area contributed by atoms with Crippen molar-refractivity contribution in [2.24, 2.45) is 5.73 Å². The first-order valence-corrected chi connectivity index (χ1v) is 10.6. The second-order valence-corrected chi connectivity index (χ2v) is 6.62. The predicted octanol–water partition coefficient (Wildman–Crippen LogP) is 4.56. The maximum Gasteiger partial charge on any atom is -0.00187 e. The molecule has 0 amide bonds. The van der Waals surface area contributed by atoms with Gasteiger partial charge in [-0.05, 0) is 77.8 Å². The summed E-state index contributed by atoms with van der Waals surface area (Å²) in [5.41, 5.74) is 5.49. The van der Waals surface area contributed by atoms with Gasteiger partial charge in [0.2, 0.25) is 0 Å². The monoisotopic (exact) mass is 327 g/mol. The lowest BCUT2D eigenvalue weighted by Crippen LogP contribution is -2.25. The molecule has 1 rings (SSSR count). The normalized spacial score (nSPS) is 15.8. The van der Waals surface area contributed by atoms with E-state index < -0.39 is 0 Å². The summed E-state index contributed by atoms with van der Waals surface area (Å²) in [5, 5.41) is 3.57. The lowest BCUT2D eigenvalue weighted by atomic mass is 10.1. The van der Waals surface area contributed by atoms with Crippen molar-refractivity contribution in [2.45, 2.75) is 90.9 Å². The molecule has 0 spiro atoms. The van der Waals surface area contributed by atoms with E-state index in [4.69, 9.17) is 5.73 Å². The van der Waals surface area contributed by atoms with E-state index in [0.29, 0.717) is 0 Å². The molecular weight excluding hydrogens is 282 g/mol. The smallest absolute Gasteiger partial charge is 0.00187 e. The summed E-state index contributed by atoms with van der Waals surface area (Å²) in [5.74, 6) is 0. The van der Waals surface area contributed by atoms with Gasteiger partial charge >= 0.3 is 0 Å². The summed E-state index contributed by atoms with van der Waals surface area (Å²) < 4.78 is 0. The van der Waals surface area contributed by atoms with Crippen LogP contribution in [0.5, 0.6) is 0 Å². The minimum atomic E-state index is 0.852. The van der Waals surface area contributed by atoms with Gasteiger partial charge in [-0.2, -0.15) is 0 Å². The number of nitrogens with two attached hydrogens (primary N) is 1. The third-order valence-corrected chi connectivity index (χ3v) is 4.58. The van der Waals surface area contributed by atoms with Gasteiger partial charge in [-0.25, -0.2) is 0 Å². The van der Waals surface area contributed by atoms with Gasteiger partial charge in [-0.15, -0.1) is 0 Å². The molecule has 3 nitrogen and oxygen atoms in total. The van der Waals surface area contributed by atoms with Crippen LogP contribution in [0.4, 0.5) is 0 Å². The number of unbranched alkanes of at least 4 members (excludes halogenated alkanes) is 6. The topological polar surface area (TPSA) is 41.3 Å². The zero-order valence-corrected chi connectivity index (χ0v) is 16.3. The fourth-order valence-electron chi connectivity index (χ4n) is 3.17. The quantitative estimate of drug-likeness (QED) is 0.487. The molecule has 3 N–H and O–H groups in total. The summed E-state index contributed by atoms with van der Waals surface area (Å²) in [6.45, 7) is 11.3. The number of nitrogens with one attached hydrogen (secondary N) is 1. The third kappa shape index (κ3) is 16.5. The van der Waals surface area contributed by atoms with Gasteiger partial charge in [0.15, 0.2) is 0 Å². The first kappa shape index (κ1) is 22.9. The average molecular weight is 328 g/mol. The second kappa shape index (κ2) is 19.9. The number of rotatable bonds is 13. The first-order valence-electron chi connectivity index (χ1n) is 10.6. The molecule has 0 radical (unpaired) electrons. The molecule has 0 bridgehead atoms. The Balaban J connectivity index is 0.00000232. The van der Waals surface area contributed by atoms with Crippen molar-refractivity contribution in [3.05, 3.63) is 0 Å². The van der Waals surface area contributed by atoms with Gasteiger partial charge in [0.05, 0.1) is 0 Å². The van der Waals surface area contributed by atoms with E-state index in [1.54, 1.807) is 0 Å². The van der Waals surface area contributed by atoms with E-state index in [1.807, 2.05) is 13.8 Å². The van der Waals surface area contributed by atoms with E-state index in [2.05, 4.69) is 10.2 Å². The molecule has 3 heteroatoms. The highest BCUT2D eigenvalue weighted by molar-refractivity contribution is 4.63. The van der Waals surface area contributed by atoms with Gasteiger partial charge in [-0.3, -0.25) is 0 Å². The molecule has 0 aromatic heterocycles. The van der Waals surface area contributed by atoms with Crippen molar-refractivity contribution in [3.63, 3.8) is 0 Å². The van der Waals surface area contributed by atoms with Crippen LogP contribution in [-0.2, 0) is 0 Å². The number of likely N-dealkylation sites (tertiary alicyclic amines) is 1. The van der Waals surface area contributed by atoms with E-state index in [1.165, 1.54) is 110 Å². The molecule has 0 aromatic carbocycles. The predicted molar refractivity (Wildman–Crippen MR) is 105 cm³/mol. The molecule has 1 aliphatic heterocycles. The van der Waals surface area contributed by atoms with Crippen molar-refractivity contribution >= 4 is 0 Å². The van der Waals surface area contributed by atoms with Crippen molar-refractivity contribution in [3.8, 4) is 0 Å². The first-order chi connectivity index (χ1) is 11.4. The summed E-state index contributed by atoms with van der Waals surface area (Å²) in [7, 11) is 0. The van der Waals surface area contributed by atoms with Crippen LogP contribution in [0.15, 0.2) is 0 Å². The molecule has 1 heterocycles. The van der Waals surface area contributed by atoms with Crippen LogP contribution in [0.2, 0.25) is 0 Å². The Hall–Kier alpha value is -0.120. The molecule has 0 atom stereocenters. The van der Waals surface area contributed by atoms with E-state index >= 15 is 0 Å². The SMILES string of the molecule is CC.NCCCCCCNCCCCCCN1CCCCCC1. The molecule has 0 aliphatic carbocycles. The van der Waals surface area contributed by atoms with Crippen LogP contribution in [0, 0.1) is 0 Å². The molecule has 0 aromatic rings. The molecule has 140 valence electrons. The van der Waals surface area contributed by atoms with Crippen molar-refractivity contribution in [2.75, 3.05) is 39.3 Å². The van der Waals surface area contributed by atoms with Crippen LogP contribution in [0.3, 0.4) is 0 Å². The summed E-state index contributed by atoms with van der Waals surface area (Å²) in [6, 6.07) is 0. The van der Waals surface area contributed by atoms with Crippen LogP contribution in [0.25, 0.3) is 0 Å². The Bertz CT molecular complexity index is 201. The van der Waals surface area contributed by atoms with Crippen LogP contribution >= 0.6 is 0 Å². The van der Waals surface area contributed by atoms with E-state index in [0.717, 1.165) is 6.54 Å². The van der Waals surface area contributed by atoms with Gasteiger partial charge < -0.3 is 16.0 Å². The Morgan fingerprint density at radius 2 is 1.22 bits per heavy atom. The van der Waals surface area contributed by atoms with E-state index in [-0.39, 0.29) is 0 Å². The Labute approximate surface area is 146 Å². The number of hydrogen-bond acceptors (Lipinski definition) is 3. The van der Waals surface area contributed by atoms with Crippen molar-refractivity contribution in [1.29, 1.82) is 0 Å². The largest absolute Gasteiger partial charge is 0.330 e. The van der Waals surface area contributed by atoms with Gasteiger partial charge in [0, 0.05) is 0 Å². The molecular formula is C20H45N3. The van der Waals surface area contributed by atoms with Gasteiger partial charge in [-0.1, -0.05) is 52.4 Å². The minimum absolute atomic E-state index is 0.852. The van der Waals surface area contributed by atoms with Crippen LogP contribution in [-0.4, -0.2) is 44.2 Å². The average Bonchev–Trinajstić information content (AvgIpc) is 2.86. The van der Waals surface area contributed by atoms with Gasteiger partial charge in [0.25, 0.3) is 0 Å². The van der Waals surface area contributed by atoms with Crippen LogP contribution in [0.1, 0.15) is 90.9 Å². The summed E-state index contributed by atoms with van der Waals surface area (Å²) in [4.78, 5) is 2.69. The molecule has 1 saturated heterocycles. The van der Waals surface area contributed by atoms with Crippen LogP contribution < -0.4 is 11.1 Å². The second-order valence-electron chi connectivity index (χ2n) is 6.62. The molecule has 0 saturated carbocycles. The molecule has 23 heavy (non-hydrogen) atoms. The van der Waals surface area contributed by atoms with E-state index in [9.17, 15) is 0 Å². The Morgan fingerprint density at radius 3 is 1.78 bits per heavy atom. The lowest BCUT2D eigenvalue weighted by molar-refractivity contribution is 0.277.